The van der Waals surface area contributed by atoms with Crippen molar-refractivity contribution in [3.63, 3.8) is 0 Å². The Labute approximate surface area is 150 Å². The SMILES string of the molecule is O=C(NC1CCN(CC(F)(F)F)CC1)c1ccc(-c2ccccc2)nc1. The van der Waals surface area contributed by atoms with E-state index in [1.807, 2.05) is 30.3 Å². The molecule has 3 rings (SSSR count). The van der Waals surface area contributed by atoms with Crippen molar-refractivity contribution in [2.24, 2.45) is 0 Å². The molecule has 138 valence electrons. The number of halogens is 3. The summed E-state index contributed by atoms with van der Waals surface area (Å²) in [5.41, 5.74) is 2.20. The summed E-state index contributed by atoms with van der Waals surface area (Å²) in [5.74, 6) is -0.244. The zero-order valence-electron chi connectivity index (χ0n) is 14.2. The summed E-state index contributed by atoms with van der Waals surface area (Å²) in [6.45, 7) is -0.232. The first-order valence-electron chi connectivity index (χ1n) is 8.52. The summed E-state index contributed by atoms with van der Waals surface area (Å²) in [5, 5.41) is 2.89. The molecule has 1 N–H and O–H groups in total. The average molecular weight is 363 g/mol. The third kappa shape index (κ3) is 5.05. The fourth-order valence-corrected chi connectivity index (χ4v) is 3.07. The number of pyridine rings is 1. The molecule has 0 radical (unpaired) electrons. The van der Waals surface area contributed by atoms with E-state index in [4.69, 9.17) is 0 Å². The zero-order chi connectivity index (χ0) is 18.6. The van der Waals surface area contributed by atoms with Crippen LogP contribution in [0.3, 0.4) is 0 Å². The maximum Gasteiger partial charge on any atom is 0.401 e. The molecule has 0 bridgehead atoms. The fourth-order valence-electron chi connectivity index (χ4n) is 3.07. The van der Waals surface area contributed by atoms with Crippen LogP contribution in [0.4, 0.5) is 13.2 Å². The summed E-state index contributed by atoms with van der Waals surface area (Å²) < 4.78 is 37.2. The van der Waals surface area contributed by atoms with Crippen LogP contribution in [0.25, 0.3) is 11.3 Å². The van der Waals surface area contributed by atoms with Gasteiger partial charge in [0.15, 0.2) is 0 Å². The van der Waals surface area contributed by atoms with Crippen molar-refractivity contribution >= 4 is 5.91 Å². The molecule has 1 amide bonds. The molecule has 1 aromatic carbocycles. The largest absolute Gasteiger partial charge is 0.401 e. The molecule has 1 aliphatic rings. The second-order valence-corrected chi connectivity index (χ2v) is 6.44. The first-order chi connectivity index (χ1) is 12.4. The fraction of sp³-hybridized carbons (Fsp3) is 0.368. The second kappa shape index (κ2) is 7.86. The molecule has 0 atom stereocenters. The smallest absolute Gasteiger partial charge is 0.349 e. The van der Waals surface area contributed by atoms with Crippen LogP contribution in [0.2, 0.25) is 0 Å². The molecular weight excluding hydrogens is 343 g/mol. The molecule has 1 aliphatic heterocycles. The van der Waals surface area contributed by atoms with E-state index >= 15 is 0 Å². The Balaban J connectivity index is 1.53. The number of likely N-dealkylation sites (tertiary alicyclic amines) is 1. The Morgan fingerprint density at radius 1 is 1.12 bits per heavy atom. The summed E-state index contributed by atoms with van der Waals surface area (Å²) in [4.78, 5) is 18.0. The number of piperidine rings is 1. The topological polar surface area (TPSA) is 45.2 Å². The van der Waals surface area contributed by atoms with Crippen molar-refractivity contribution in [1.29, 1.82) is 0 Å². The van der Waals surface area contributed by atoms with Crippen LogP contribution < -0.4 is 5.32 Å². The number of carbonyl (C=O) groups excluding carboxylic acids is 1. The van der Waals surface area contributed by atoms with Crippen molar-refractivity contribution in [3.8, 4) is 11.3 Å². The number of hydrogen-bond acceptors (Lipinski definition) is 3. The molecule has 1 fully saturated rings. The molecule has 0 spiro atoms. The van der Waals surface area contributed by atoms with Gasteiger partial charge in [0.2, 0.25) is 0 Å². The molecule has 0 aliphatic carbocycles. The number of benzene rings is 1. The highest BCUT2D eigenvalue weighted by atomic mass is 19.4. The lowest BCUT2D eigenvalue weighted by Crippen LogP contribution is -2.47. The standard InChI is InChI=1S/C19H20F3N3O/c20-19(21,22)13-25-10-8-16(9-11-25)24-18(26)15-6-7-17(23-12-15)14-4-2-1-3-5-14/h1-7,12,16H,8-11,13H2,(H,24,26). The number of carbonyl (C=O) groups is 1. The number of rotatable bonds is 4. The van der Waals surface area contributed by atoms with E-state index in [0.29, 0.717) is 31.5 Å². The summed E-state index contributed by atoms with van der Waals surface area (Å²) in [6, 6.07) is 13.0. The number of alkyl halides is 3. The summed E-state index contributed by atoms with van der Waals surface area (Å²) in [6.07, 6.45) is -1.63. The maximum atomic E-state index is 12.4. The van der Waals surface area contributed by atoms with Gasteiger partial charge in [-0.3, -0.25) is 14.7 Å². The molecule has 1 aromatic heterocycles. The monoisotopic (exact) mass is 363 g/mol. The van der Waals surface area contributed by atoms with E-state index in [2.05, 4.69) is 10.3 Å². The zero-order valence-corrected chi connectivity index (χ0v) is 14.2. The number of amides is 1. The molecular formula is C19H20F3N3O. The number of aromatic nitrogens is 1. The van der Waals surface area contributed by atoms with Crippen LogP contribution in [0.5, 0.6) is 0 Å². The Bertz CT molecular complexity index is 724. The van der Waals surface area contributed by atoms with Gasteiger partial charge >= 0.3 is 6.18 Å². The molecule has 26 heavy (non-hydrogen) atoms. The van der Waals surface area contributed by atoms with Gasteiger partial charge in [-0.2, -0.15) is 13.2 Å². The maximum absolute atomic E-state index is 12.4. The predicted octanol–water partition coefficient (Wildman–Crippen LogP) is 3.51. The van der Waals surface area contributed by atoms with Gasteiger partial charge in [-0.25, -0.2) is 0 Å². The molecule has 1 saturated heterocycles. The van der Waals surface area contributed by atoms with Gasteiger partial charge in [-0.15, -0.1) is 0 Å². The second-order valence-electron chi connectivity index (χ2n) is 6.44. The first kappa shape index (κ1) is 18.4. The minimum Gasteiger partial charge on any atom is -0.349 e. The van der Waals surface area contributed by atoms with Crippen LogP contribution in [-0.2, 0) is 0 Å². The van der Waals surface area contributed by atoms with Crippen LogP contribution in [0.1, 0.15) is 23.2 Å². The first-order valence-corrected chi connectivity index (χ1v) is 8.52. The predicted molar refractivity (Wildman–Crippen MR) is 92.7 cm³/mol. The molecule has 2 aromatic rings. The third-order valence-electron chi connectivity index (χ3n) is 4.42. The minimum absolute atomic E-state index is 0.110. The third-order valence-corrected chi connectivity index (χ3v) is 4.42. The van der Waals surface area contributed by atoms with Gasteiger partial charge in [0, 0.05) is 30.9 Å². The Morgan fingerprint density at radius 3 is 2.38 bits per heavy atom. The Hall–Kier alpha value is -2.41. The minimum atomic E-state index is -4.18. The quantitative estimate of drug-likeness (QED) is 0.904. The normalized spacial score (nSPS) is 16.4. The number of hydrogen-bond donors (Lipinski definition) is 1. The lowest BCUT2D eigenvalue weighted by molar-refractivity contribution is -0.148. The summed E-state index contributed by atoms with van der Waals surface area (Å²) in [7, 11) is 0. The van der Waals surface area contributed by atoms with Crippen LogP contribution in [0, 0.1) is 0 Å². The van der Waals surface area contributed by atoms with Gasteiger partial charge in [-0.1, -0.05) is 30.3 Å². The van der Waals surface area contributed by atoms with Crippen molar-refractivity contribution < 1.29 is 18.0 Å². The van der Waals surface area contributed by atoms with Gasteiger partial charge in [0.05, 0.1) is 17.8 Å². The summed E-state index contributed by atoms with van der Waals surface area (Å²) >= 11 is 0. The van der Waals surface area contributed by atoms with E-state index in [9.17, 15) is 18.0 Å². The lowest BCUT2D eigenvalue weighted by atomic mass is 10.0. The van der Waals surface area contributed by atoms with Crippen LogP contribution in [-0.4, -0.2) is 47.6 Å². The van der Waals surface area contributed by atoms with Crippen LogP contribution in [0.15, 0.2) is 48.7 Å². The van der Waals surface area contributed by atoms with Crippen molar-refractivity contribution in [2.45, 2.75) is 25.1 Å². The van der Waals surface area contributed by atoms with Gasteiger partial charge in [0.1, 0.15) is 0 Å². The molecule has 2 heterocycles. The van der Waals surface area contributed by atoms with Gasteiger partial charge < -0.3 is 5.32 Å². The van der Waals surface area contributed by atoms with E-state index in [0.717, 1.165) is 11.3 Å². The van der Waals surface area contributed by atoms with E-state index in [-0.39, 0.29) is 11.9 Å². The molecule has 0 unspecified atom stereocenters. The number of nitrogens with zero attached hydrogens (tertiary/aromatic N) is 2. The highest BCUT2D eigenvalue weighted by Gasteiger charge is 2.32. The molecule has 0 saturated carbocycles. The van der Waals surface area contributed by atoms with E-state index in [1.165, 1.54) is 11.1 Å². The van der Waals surface area contributed by atoms with E-state index in [1.54, 1.807) is 12.1 Å². The molecule has 4 nitrogen and oxygen atoms in total. The van der Waals surface area contributed by atoms with Crippen molar-refractivity contribution in [2.75, 3.05) is 19.6 Å². The van der Waals surface area contributed by atoms with Crippen molar-refractivity contribution in [3.05, 3.63) is 54.2 Å². The Kier molecular flexibility index (Phi) is 5.56. The Morgan fingerprint density at radius 2 is 1.81 bits per heavy atom. The van der Waals surface area contributed by atoms with E-state index < -0.39 is 12.7 Å². The molecule has 7 heteroatoms. The van der Waals surface area contributed by atoms with Crippen LogP contribution >= 0.6 is 0 Å². The van der Waals surface area contributed by atoms with Crippen molar-refractivity contribution in [1.82, 2.24) is 15.2 Å². The van der Waals surface area contributed by atoms with Gasteiger partial charge in [0.25, 0.3) is 5.91 Å². The highest BCUT2D eigenvalue weighted by Crippen LogP contribution is 2.20. The van der Waals surface area contributed by atoms with Gasteiger partial charge in [-0.05, 0) is 25.0 Å². The average Bonchev–Trinajstić information content (AvgIpc) is 2.63. The number of nitrogens with one attached hydrogen (secondary N) is 1. The lowest BCUT2D eigenvalue weighted by Gasteiger charge is -2.32. The highest BCUT2D eigenvalue weighted by molar-refractivity contribution is 5.94.